The number of benzene rings is 1. The highest BCUT2D eigenvalue weighted by atomic mass is 19.1. The van der Waals surface area contributed by atoms with Gasteiger partial charge in [-0.3, -0.25) is 14.1 Å². The van der Waals surface area contributed by atoms with Gasteiger partial charge in [-0.2, -0.15) is 5.26 Å². The molecule has 3 rings (SSSR count). The van der Waals surface area contributed by atoms with Crippen LogP contribution in [0.4, 0.5) is 4.39 Å². The second-order valence-corrected chi connectivity index (χ2v) is 5.21. The summed E-state index contributed by atoms with van der Waals surface area (Å²) >= 11 is 0. The van der Waals surface area contributed by atoms with Crippen LogP contribution in [0.2, 0.25) is 0 Å². The Bertz CT molecular complexity index is 938. The summed E-state index contributed by atoms with van der Waals surface area (Å²) in [5.41, 5.74) is 2.08. The van der Waals surface area contributed by atoms with Gasteiger partial charge in [-0.25, -0.2) is 9.18 Å². The zero-order valence-corrected chi connectivity index (χ0v) is 12.6. The lowest BCUT2D eigenvalue weighted by molar-refractivity contribution is 0.375. The van der Waals surface area contributed by atoms with Crippen LogP contribution in [0.15, 0.2) is 51.8 Å². The van der Waals surface area contributed by atoms with Crippen molar-refractivity contribution >= 4 is 0 Å². The first kappa shape index (κ1) is 15.6. The zero-order chi connectivity index (χ0) is 16.9. The molecule has 3 aromatic rings. The predicted octanol–water partition coefficient (Wildman–Crippen LogP) is 2.08. The van der Waals surface area contributed by atoms with Crippen LogP contribution in [0.1, 0.15) is 22.8 Å². The van der Waals surface area contributed by atoms with Crippen LogP contribution >= 0.6 is 0 Å². The van der Waals surface area contributed by atoms with E-state index >= 15 is 0 Å². The first-order valence-electron chi connectivity index (χ1n) is 7.27. The molecule has 0 atom stereocenters. The number of nitrogens with zero attached hydrogens (tertiary/aromatic N) is 4. The molecule has 0 aliphatic carbocycles. The van der Waals surface area contributed by atoms with Gasteiger partial charge in [0.1, 0.15) is 5.82 Å². The second kappa shape index (κ2) is 6.87. The minimum absolute atomic E-state index is 0.193. The van der Waals surface area contributed by atoms with Crippen molar-refractivity contribution in [3.8, 4) is 6.07 Å². The SMILES string of the molecule is N#CCc1cccc(Cn2c(Cc3ccc(F)cc3)noc2=O)n1. The Kier molecular flexibility index (Phi) is 4.47. The van der Waals surface area contributed by atoms with Crippen molar-refractivity contribution in [2.75, 3.05) is 0 Å². The third kappa shape index (κ3) is 3.55. The lowest BCUT2D eigenvalue weighted by atomic mass is 10.1. The molecule has 6 nitrogen and oxygen atoms in total. The van der Waals surface area contributed by atoms with Gasteiger partial charge < -0.3 is 0 Å². The van der Waals surface area contributed by atoms with E-state index in [0.717, 1.165) is 5.56 Å². The molecule has 24 heavy (non-hydrogen) atoms. The molecule has 0 unspecified atom stereocenters. The van der Waals surface area contributed by atoms with Gasteiger partial charge in [0.2, 0.25) is 0 Å². The van der Waals surface area contributed by atoms with Gasteiger partial charge in [-0.15, -0.1) is 0 Å². The fourth-order valence-electron chi connectivity index (χ4n) is 2.32. The normalized spacial score (nSPS) is 10.5. The standard InChI is InChI=1S/C17H13FN4O2/c18-13-6-4-12(5-7-13)10-16-21-24-17(23)22(16)11-15-3-1-2-14(20-15)8-9-19/h1-7H,8,10-11H2. The number of pyridine rings is 1. The van der Waals surface area contributed by atoms with Gasteiger partial charge >= 0.3 is 5.76 Å². The molecule has 0 amide bonds. The average molecular weight is 324 g/mol. The molecule has 0 aliphatic heterocycles. The third-order valence-electron chi connectivity index (χ3n) is 3.48. The van der Waals surface area contributed by atoms with Crippen molar-refractivity contribution in [2.24, 2.45) is 0 Å². The summed E-state index contributed by atoms with van der Waals surface area (Å²) in [7, 11) is 0. The summed E-state index contributed by atoms with van der Waals surface area (Å²) in [6, 6.07) is 13.3. The van der Waals surface area contributed by atoms with E-state index in [1.54, 1.807) is 30.3 Å². The molecule has 0 bridgehead atoms. The summed E-state index contributed by atoms with van der Waals surface area (Å²) in [6.45, 7) is 0.193. The quantitative estimate of drug-likeness (QED) is 0.717. The van der Waals surface area contributed by atoms with Gasteiger partial charge in [0, 0.05) is 6.42 Å². The minimum Gasteiger partial charge on any atom is -0.296 e. The van der Waals surface area contributed by atoms with E-state index in [1.807, 2.05) is 6.07 Å². The van der Waals surface area contributed by atoms with E-state index in [2.05, 4.69) is 10.1 Å². The summed E-state index contributed by atoms with van der Waals surface area (Å²) in [5, 5.41) is 12.5. The number of hydrogen-bond acceptors (Lipinski definition) is 5. The highest BCUT2D eigenvalue weighted by molar-refractivity contribution is 5.20. The van der Waals surface area contributed by atoms with E-state index in [9.17, 15) is 9.18 Å². The molecule has 2 heterocycles. The fraction of sp³-hybridized carbons (Fsp3) is 0.176. The molecule has 2 aromatic heterocycles. The zero-order valence-electron chi connectivity index (χ0n) is 12.6. The highest BCUT2D eigenvalue weighted by Gasteiger charge is 2.13. The van der Waals surface area contributed by atoms with Gasteiger partial charge in [-0.05, 0) is 29.8 Å². The minimum atomic E-state index is -0.584. The molecule has 0 fully saturated rings. The fourth-order valence-corrected chi connectivity index (χ4v) is 2.32. The summed E-state index contributed by atoms with van der Waals surface area (Å²) in [6.07, 6.45) is 0.540. The topological polar surface area (TPSA) is 84.7 Å². The summed E-state index contributed by atoms with van der Waals surface area (Å²) in [4.78, 5) is 16.2. The highest BCUT2D eigenvalue weighted by Crippen LogP contribution is 2.10. The van der Waals surface area contributed by atoms with Gasteiger partial charge in [0.25, 0.3) is 0 Å². The Labute approximate surface area is 136 Å². The molecule has 7 heteroatoms. The first-order valence-corrected chi connectivity index (χ1v) is 7.27. The van der Waals surface area contributed by atoms with Crippen LogP contribution in [0.25, 0.3) is 0 Å². The van der Waals surface area contributed by atoms with Crippen molar-refractivity contribution in [3.05, 3.63) is 81.6 Å². The van der Waals surface area contributed by atoms with E-state index in [1.165, 1.54) is 16.7 Å². The number of nitriles is 1. The van der Waals surface area contributed by atoms with Crippen molar-refractivity contribution in [2.45, 2.75) is 19.4 Å². The molecule has 0 N–H and O–H groups in total. The second-order valence-electron chi connectivity index (χ2n) is 5.21. The number of halogens is 1. The molecule has 0 saturated heterocycles. The van der Waals surface area contributed by atoms with E-state index < -0.39 is 5.76 Å². The lowest BCUT2D eigenvalue weighted by Gasteiger charge is -2.05. The molecule has 0 spiro atoms. The molecule has 120 valence electrons. The van der Waals surface area contributed by atoms with Crippen LogP contribution in [0, 0.1) is 17.1 Å². The lowest BCUT2D eigenvalue weighted by Crippen LogP contribution is -2.19. The third-order valence-corrected chi connectivity index (χ3v) is 3.48. The number of rotatable bonds is 5. The van der Waals surface area contributed by atoms with Crippen molar-refractivity contribution in [1.29, 1.82) is 5.26 Å². The van der Waals surface area contributed by atoms with Crippen molar-refractivity contribution in [3.63, 3.8) is 0 Å². The predicted molar refractivity (Wildman–Crippen MR) is 82.6 cm³/mol. The van der Waals surface area contributed by atoms with Gasteiger partial charge in [0.05, 0.1) is 30.4 Å². The molecular formula is C17H13FN4O2. The Balaban J connectivity index is 1.85. The number of aromatic nitrogens is 3. The van der Waals surface area contributed by atoms with E-state index in [4.69, 9.17) is 9.78 Å². The Hall–Kier alpha value is -3.27. The molecule has 0 radical (unpaired) electrons. The van der Waals surface area contributed by atoms with Crippen molar-refractivity contribution in [1.82, 2.24) is 14.7 Å². The van der Waals surface area contributed by atoms with E-state index in [-0.39, 0.29) is 18.8 Å². The van der Waals surface area contributed by atoms with Crippen molar-refractivity contribution < 1.29 is 8.91 Å². The van der Waals surface area contributed by atoms with Crippen LogP contribution < -0.4 is 5.76 Å². The van der Waals surface area contributed by atoms with Gasteiger partial charge in [-0.1, -0.05) is 23.4 Å². The molecule has 1 aromatic carbocycles. The van der Waals surface area contributed by atoms with Gasteiger partial charge in [0.15, 0.2) is 5.82 Å². The number of hydrogen-bond donors (Lipinski definition) is 0. The molecule has 0 saturated carbocycles. The Morgan fingerprint density at radius 1 is 1.17 bits per heavy atom. The molecule has 0 aliphatic rings. The van der Waals surface area contributed by atoms with Crippen LogP contribution in [0.5, 0.6) is 0 Å². The van der Waals surface area contributed by atoms with Crippen LogP contribution in [0.3, 0.4) is 0 Å². The smallest absolute Gasteiger partial charge is 0.296 e. The average Bonchev–Trinajstić information content (AvgIpc) is 2.91. The molecular weight excluding hydrogens is 311 g/mol. The van der Waals surface area contributed by atoms with E-state index in [0.29, 0.717) is 23.6 Å². The Morgan fingerprint density at radius 3 is 2.67 bits per heavy atom. The largest absolute Gasteiger partial charge is 0.441 e. The summed E-state index contributed by atoms with van der Waals surface area (Å²) < 4.78 is 19.1. The van der Waals surface area contributed by atoms with Crippen LogP contribution in [-0.4, -0.2) is 14.7 Å². The summed E-state index contributed by atoms with van der Waals surface area (Å²) in [5.74, 6) is -0.478. The maximum atomic E-state index is 13.0. The first-order chi connectivity index (χ1) is 11.7. The van der Waals surface area contributed by atoms with Crippen LogP contribution in [-0.2, 0) is 19.4 Å². The maximum absolute atomic E-state index is 13.0. The monoisotopic (exact) mass is 324 g/mol. The Morgan fingerprint density at radius 2 is 1.92 bits per heavy atom. The maximum Gasteiger partial charge on any atom is 0.441 e.